The highest BCUT2D eigenvalue weighted by molar-refractivity contribution is 5.87. The second-order valence-electron chi connectivity index (χ2n) is 7.42. The van der Waals surface area contributed by atoms with Crippen molar-refractivity contribution in [2.45, 2.75) is 50.1 Å². The van der Waals surface area contributed by atoms with E-state index in [2.05, 4.69) is 16.0 Å². The molecule has 5 rings (SSSR count). The van der Waals surface area contributed by atoms with Crippen molar-refractivity contribution in [3.05, 3.63) is 0 Å². The van der Waals surface area contributed by atoms with E-state index in [4.69, 9.17) is 0 Å². The molecule has 20 heavy (non-hydrogen) atoms. The van der Waals surface area contributed by atoms with Gasteiger partial charge in [0.2, 0.25) is 11.8 Å². The molecule has 1 aliphatic heterocycles. The summed E-state index contributed by atoms with van der Waals surface area (Å²) in [4.78, 5) is 23.6. The summed E-state index contributed by atoms with van der Waals surface area (Å²) < 4.78 is 0. The predicted molar refractivity (Wildman–Crippen MR) is 73.8 cm³/mol. The maximum atomic E-state index is 12.5. The molecule has 5 fully saturated rings. The summed E-state index contributed by atoms with van der Waals surface area (Å²) in [6, 6.07) is -0.263. The van der Waals surface area contributed by atoms with Crippen LogP contribution in [0.15, 0.2) is 0 Å². The highest BCUT2D eigenvalue weighted by Crippen LogP contribution is 2.55. The first-order valence-electron chi connectivity index (χ1n) is 7.94. The smallest absolute Gasteiger partial charge is 0.239 e. The molecule has 0 radical (unpaired) electrons. The van der Waals surface area contributed by atoms with Crippen molar-refractivity contribution < 1.29 is 9.59 Å². The Hall–Kier alpha value is -1.10. The van der Waals surface area contributed by atoms with Crippen LogP contribution in [0, 0.1) is 17.8 Å². The summed E-state index contributed by atoms with van der Waals surface area (Å²) in [6.45, 7) is 0.663. The fourth-order valence-electron chi connectivity index (χ4n) is 5.36. The molecular weight excluding hydrogens is 254 g/mol. The Labute approximate surface area is 119 Å². The molecule has 110 valence electrons. The van der Waals surface area contributed by atoms with Crippen molar-refractivity contribution in [1.29, 1.82) is 0 Å². The van der Waals surface area contributed by atoms with Gasteiger partial charge >= 0.3 is 0 Å². The van der Waals surface area contributed by atoms with Gasteiger partial charge in [0.05, 0.1) is 6.54 Å². The minimum absolute atomic E-state index is 0.0242. The van der Waals surface area contributed by atoms with Crippen LogP contribution in [0.3, 0.4) is 0 Å². The standard InChI is InChI=1S/C15H23N3O2/c19-13-8-16-12(7-17-13)14(20)18-15-4-9-1-10(5-15)3-11(2-9)6-15/h9-12,16H,1-8H2,(H,17,19)(H,18,20). The Morgan fingerprint density at radius 3 is 2.20 bits per heavy atom. The Bertz CT molecular complexity index is 403. The number of hydrogen-bond acceptors (Lipinski definition) is 3. The number of nitrogens with one attached hydrogen (secondary N) is 3. The fraction of sp³-hybridized carbons (Fsp3) is 0.867. The number of carbonyl (C=O) groups excluding carboxylic acids is 2. The molecule has 5 nitrogen and oxygen atoms in total. The van der Waals surface area contributed by atoms with Crippen molar-refractivity contribution >= 4 is 11.8 Å². The number of carbonyl (C=O) groups is 2. The van der Waals surface area contributed by atoms with E-state index in [1.807, 2.05) is 0 Å². The average molecular weight is 277 g/mol. The predicted octanol–water partition coefficient (Wildman–Crippen LogP) is 0.159. The largest absolute Gasteiger partial charge is 0.353 e. The normalized spacial score (nSPS) is 46.1. The molecule has 3 N–H and O–H groups in total. The summed E-state index contributed by atoms with van der Waals surface area (Å²) in [5, 5.41) is 9.14. The second kappa shape index (κ2) is 4.45. The quantitative estimate of drug-likeness (QED) is 0.673. The van der Waals surface area contributed by atoms with E-state index >= 15 is 0 Å². The maximum Gasteiger partial charge on any atom is 0.239 e. The van der Waals surface area contributed by atoms with Gasteiger partial charge in [-0.05, 0) is 56.3 Å². The lowest BCUT2D eigenvalue weighted by Crippen LogP contribution is -2.65. The molecule has 1 saturated heterocycles. The lowest BCUT2D eigenvalue weighted by Gasteiger charge is -2.57. The van der Waals surface area contributed by atoms with Gasteiger partial charge in [-0.3, -0.25) is 14.9 Å². The van der Waals surface area contributed by atoms with Crippen molar-refractivity contribution in [2.24, 2.45) is 17.8 Å². The SMILES string of the molecule is O=C1CNC(C(=O)NC23CC4CC(CC(C4)C2)C3)CN1. The number of rotatable bonds is 2. The molecule has 4 bridgehead atoms. The van der Waals surface area contributed by atoms with E-state index in [-0.39, 0.29) is 29.9 Å². The molecule has 4 saturated carbocycles. The first-order chi connectivity index (χ1) is 9.62. The third-order valence-electron chi connectivity index (χ3n) is 5.76. The monoisotopic (exact) mass is 277 g/mol. The summed E-state index contributed by atoms with van der Waals surface area (Å²) >= 11 is 0. The van der Waals surface area contributed by atoms with Crippen molar-refractivity contribution in [3.63, 3.8) is 0 Å². The summed E-state index contributed by atoms with van der Waals surface area (Å²) in [5.74, 6) is 2.55. The average Bonchev–Trinajstić information content (AvgIpc) is 2.37. The minimum Gasteiger partial charge on any atom is -0.353 e. The van der Waals surface area contributed by atoms with Gasteiger partial charge in [-0.1, -0.05) is 0 Å². The summed E-state index contributed by atoms with van der Waals surface area (Å²) in [7, 11) is 0. The Kier molecular flexibility index (Phi) is 2.81. The molecule has 5 heteroatoms. The zero-order chi connectivity index (χ0) is 13.7. The molecule has 1 unspecified atom stereocenters. The third-order valence-corrected chi connectivity index (χ3v) is 5.76. The molecule has 0 aromatic heterocycles. The molecule has 4 aliphatic carbocycles. The first-order valence-corrected chi connectivity index (χ1v) is 7.94. The highest BCUT2D eigenvalue weighted by atomic mass is 16.2. The maximum absolute atomic E-state index is 12.5. The zero-order valence-corrected chi connectivity index (χ0v) is 11.8. The van der Waals surface area contributed by atoms with Gasteiger partial charge in [0.15, 0.2) is 0 Å². The highest BCUT2D eigenvalue weighted by Gasteiger charge is 2.51. The van der Waals surface area contributed by atoms with Crippen LogP contribution in [0.1, 0.15) is 38.5 Å². The van der Waals surface area contributed by atoms with Crippen LogP contribution < -0.4 is 16.0 Å². The van der Waals surface area contributed by atoms with Gasteiger partial charge in [-0.25, -0.2) is 0 Å². The van der Waals surface area contributed by atoms with Gasteiger partial charge in [-0.2, -0.15) is 0 Å². The van der Waals surface area contributed by atoms with E-state index in [1.54, 1.807) is 0 Å². The van der Waals surface area contributed by atoms with Crippen LogP contribution >= 0.6 is 0 Å². The number of amides is 2. The summed E-state index contributed by atoms with van der Waals surface area (Å²) in [5.41, 5.74) is 0.0645. The van der Waals surface area contributed by atoms with Crippen LogP contribution in [-0.2, 0) is 9.59 Å². The Balaban J connectivity index is 1.43. The lowest BCUT2D eigenvalue weighted by atomic mass is 9.53. The van der Waals surface area contributed by atoms with Crippen molar-refractivity contribution in [1.82, 2.24) is 16.0 Å². The summed E-state index contributed by atoms with van der Waals surface area (Å²) in [6.07, 6.45) is 7.66. The number of hydrogen-bond donors (Lipinski definition) is 3. The van der Waals surface area contributed by atoms with Crippen molar-refractivity contribution in [3.8, 4) is 0 Å². The van der Waals surface area contributed by atoms with Gasteiger partial charge in [-0.15, -0.1) is 0 Å². The molecule has 0 spiro atoms. The van der Waals surface area contributed by atoms with Crippen LogP contribution in [-0.4, -0.2) is 36.5 Å². The fourth-order valence-corrected chi connectivity index (χ4v) is 5.36. The minimum atomic E-state index is -0.263. The molecule has 0 aromatic rings. The topological polar surface area (TPSA) is 70.2 Å². The number of piperazine rings is 1. The zero-order valence-electron chi connectivity index (χ0n) is 11.8. The van der Waals surface area contributed by atoms with E-state index < -0.39 is 0 Å². The van der Waals surface area contributed by atoms with E-state index in [1.165, 1.54) is 38.5 Å². The van der Waals surface area contributed by atoms with Gasteiger partial charge in [0, 0.05) is 12.1 Å². The van der Waals surface area contributed by atoms with E-state index in [0.717, 1.165) is 17.8 Å². The third kappa shape index (κ3) is 2.12. The Morgan fingerprint density at radius 2 is 1.70 bits per heavy atom. The van der Waals surface area contributed by atoms with Gasteiger partial charge in [0.1, 0.15) is 6.04 Å². The van der Waals surface area contributed by atoms with E-state index in [0.29, 0.717) is 6.54 Å². The van der Waals surface area contributed by atoms with E-state index in [9.17, 15) is 9.59 Å². The van der Waals surface area contributed by atoms with Crippen LogP contribution in [0.5, 0.6) is 0 Å². The molecular formula is C15H23N3O2. The first kappa shape index (κ1) is 12.6. The Morgan fingerprint density at radius 1 is 1.10 bits per heavy atom. The van der Waals surface area contributed by atoms with Gasteiger partial charge < -0.3 is 10.6 Å². The molecule has 5 aliphatic rings. The second-order valence-corrected chi connectivity index (χ2v) is 7.42. The molecule has 1 atom stereocenters. The molecule has 0 aromatic carbocycles. The van der Waals surface area contributed by atoms with Crippen LogP contribution in [0.25, 0.3) is 0 Å². The van der Waals surface area contributed by atoms with Crippen LogP contribution in [0.2, 0.25) is 0 Å². The molecule has 2 amide bonds. The van der Waals surface area contributed by atoms with Crippen molar-refractivity contribution in [2.75, 3.05) is 13.1 Å². The lowest BCUT2D eigenvalue weighted by molar-refractivity contribution is -0.130. The molecule has 1 heterocycles. The van der Waals surface area contributed by atoms with Gasteiger partial charge in [0.25, 0.3) is 0 Å². The van der Waals surface area contributed by atoms with Crippen LogP contribution in [0.4, 0.5) is 0 Å².